The van der Waals surface area contributed by atoms with Gasteiger partial charge in [0, 0.05) is 29.1 Å². The van der Waals surface area contributed by atoms with Crippen LogP contribution in [0.25, 0.3) is 11.0 Å². The molecule has 3 rings (SSSR count). The molecule has 0 unspecified atom stereocenters. The van der Waals surface area contributed by atoms with Gasteiger partial charge in [-0.25, -0.2) is 4.79 Å². The van der Waals surface area contributed by atoms with Crippen molar-refractivity contribution in [3.63, 3.8) is 0 Å². The predicted octanol–water partition coefficient (Wildman–Crippen LogP) is 1.79. The SMILES string of the molecule is COc1ccc2c(CC(=O)N[C@@H](CO)C(=O)NCc3ccc(Cl)cc3)cc(=O)oc2c1. The number of amides is 2. The second-order valence-corrected chi connectivity index (χ2v) is 7.21. The van der Waals surface area contributed by atoms with Gasteiger partial charge < -0.3 is 24.9 Å². The molecule has 3 aromatic rings. The van der Waals surface area contributed by atoms with Gasteiger partial charge >= 0.3 is 5.63 Å². The lowest BCUT2D eigenvalue weighted by Gasteiger charge is -2.16. The van der Waals surface area contributed by atoms with Crippen LogP contribution in [0.3, 0.4) is 0 Å². The summed E-state index contributed by atoms with van der Waals surface area (Å²) in [5, 5.41) is 15.8. The molecule has 1 atom stereocenters. The van der Waals surface area contributed by atoms with Gasteiger partial charge in [0.1, 0.15) is 17.4 Å². The third kappa shape index (κ3) is 5.84. The van der Waals surface area contributed by atoms with Crippen LogP contribution >= 0.6 is 11.6 Å². The first-order valence-corrected chi connectivity index (χ1v) is 9.80. The third-order valence-electron chi connectivity index (χ3n) is 4.60. The topological polar surface area (TPSA) is 118 Å². The summed E-state index contributed by atoms with van der Waals surface area (Å²) in [4.78, 5) is 36.7. The summed E-state index contributed by atoms with van der Waals surface area (Å²) >= 11 is 5.83. The fraction of sp³-hybridized carbons (Fsp3) is 0.227. The molecule has 2 aromatic carbocycles. The minimum absolute atomic E-state index is 0.171. The largest absolute Gasteiger partial charge is 0.497 e. The monoisotopic (exact) mass is 444 g/mol. The number of carbonyl (C=O) groups excluding carboxylic acids is 2. The Kier molecular flexibility index (Phi) is 7.28. The maximum absolute atomic E-state index is 12.5. The molecule has 0 fully saturated rings. The number of hydrogen-bond acceptors (Lipinski definition) is 6. The van der Waals surface area contributed by atoms with E-state index >= 15 is 0 Å². The van der Waals surface area contributed by atoms with Crippen molar-refractivity contribution in [3.8, 4) is 5.75 Å². The Bertz CT molecular complexity index is 1140. The number of rotatable bonds is 8. The molecular weight excluding hydrogens is 424 g/mol. The van der Waals surface area contributed by atoms with E-state index in [4.69, 9.17) is 20.8 Å². The highest BCUT2D eigenvalue weighted by Gasteiger charge is 2.20. The summed E-state index contributed by atoms with van der Waals surface area (Å²) in [6.45, 7) is -0.359. The summed E-state index contributed by atoms with van der Waals surface area (Å²) in [5.41, 5.74) is 0.931. The highest BCUT2D eigenvalue weighted by molar-refractivity contribution is 6.30. The molecule has 0 bridgehead atoms. The van der Waals surface area contributed by atoms with E-state index in [0.717, 1.165) is 5.56 Å². The lowest BCUT2D eigenvalue weighted by Crippen LogP contribution is -2.49. The summed E-state index contributed by atoms with van der Waals surface area (Å²) in [6.07, 6.45) is -0.171. The molecule has 162 valence electrons. The number of ether oxygens (including phenoxy) is 1. The smallest absolute Gasteiger partial charge is 0.336 e. The Morgan fingerprint density at radius 2 is 1.90 bits per heavy atom. The van der Waals surface area contributed by atoms with Crippen LogP contribution in [0, 0.1) is 0 Å². The normalized spacial score (nSPS) is 11.7. The molecule has 2 amide bonds. The zero-order valence-corrected chi connectivity index (χ0v) is 17.4. The Morgan fingerprint density at radius 3 is 2.58 bits per heavy atom. The Hall–Kier alpha value is -3.36. The van der Waals surface area contributed by atoms with E-state index in [2.05, 4.69) is 10.6 Å². The van der Waals surface area contributed by atoms with Crippen LogP contribution in [0.15, 0.2) is 57.7 Å². The van der Waals surface area contributed by atoms with Gasteiger partial charge in [0.2, 0.25) is 11.8 Å². The van der Waals surface area contributed by atoms with Gasteiger partial charge in [-0.1, -0.05) is 23.7 Å². The summed E-state index contributed by atoms with van der Waals surface area (Å²) in [5.74, 6) is -0.550. The molecule has 0 spiro atoms. The van der Waals surface area contributed by atoms with E-state index in [1.165, 1.54) is 13.2 Å². The van der Waals surface area contributed by atoms with Crippen molar-refractivity contribution in [2.45, 2.75) is 19.0 Å². The Morgan fingerprint density at radius 1 is 1.16 bits per heavy atom. The van der Waals surface area contributed by atoms with E-state index in [0.29, 0.717) is 21.7 Å². The molecule has 3 N–H and O–H groups in total. The number of aliphatic hydroxyl groups is 1. The molecule has 31 heavy (non-hydrogen) atoms. The lowest BCUT2D eigenvalue weighted by molar-refractivity contribution is -0.129. The van der Waals surface area contributed by atoms with E-state index in [1.807, 2.05) is 0 Å². The number of benzene rings is 2. The van der Waals surface area contributed by atoms with E-state index in [9.17, 15) is 19.5 Å². The molecule has 0 aliphatic heterocycles. The number of hydrogen-bond donors (Lipinski definition) is 3. The van der Waals surface area contributed by atoms with E-state index in [1.54, 1.807) is 42.5 Å². The molecule has 1 heterocycles. The Labute approximate surface area is 182 Å². The predicted molar refractivity (Wildman–Crippen MR) is 115 cm³/mol. The average Bonchev–Trinajstić information content (AvgIpc) is 2.76. The highest BCUT2D eigenvalue weighted by atomic mass is 35.5. The van der Waals surface area contributed by atoms with Crippen molar-refractivity contribution in [2.75, 3.05) is 13.7 Å². The number of halogens is 1. The maximum atomic E-state index is 12.5. The number of fused-ring (bicyclic) bond motifs is 1. The Balaban J connectivity index is 1.66. The quantitative estimate of drug-likeness (QED) is 0.456. The standard InChI is InChI=1S/C22H21ClN2O6/c1-30-16-6-7-17-14(9-21(28)31-19(17)10-16)8-20(27)25-18(12-26)22(29)24-11-13-2-4-15(23)5-3-13/h2-7,9-10,18,26H,8,11-12H2,1H3,(H,24,29)(H,25,27)/t18-/m0/s1. The highest BCUT2D eigenvalue weighted by Crippen LogP contribution is 2.22. The van der Waals surface area contributed by atoms with Crippen LogP contribution in [0.4, 0.5) is 0 Å². The maximum Gasteiger partial charge on any atom is 0.336 e. The zero-order chi connectivity index (χ0) is 22.4. The van der Waals surface area contributed by atoms with Crippen LogP contribution in [-0.2, 0) is 22.6 Å². The first-order valence-electron chi connectivity index (χ1n) is 9.42. The fourth-order valence-electron chi connectivity index (χ4n) is 3.01. The second kappa shape index (κ2) is 10.1. The number of nitrogens with one attached hydrogen (secondary N) is 2. The lowest BCUT2D eigenvalue weighted by atomic mass is 10.1. The molecule has 9 heteroatoms. The minimum Gasteiger partial charge on any atom is -0.497 e. The summed E-state index contributed by atoms with van der Waals surface area (Å²) < 4.78 is 10.3. The average molecular weight is 445 g/mol. The molecule has 1 aromatic heterocycles. The number of methoxy groups -OCH3 is 1. The second-order valence-electron chi connectivity index (χ2n) is 6.78. The van der Waals surface area contributed by atoms with Crippen molar-refractivity contribution in [1.82, 2.24) is 10.6 Å². The zero-order valence-electron chi connectivity index (χ0n) is 16.7. The van der Waals surface area contributed by atoms with Gasteiger partial charge in [-0.3, -0.25) is 9.59 Å². The molecule has 0 aliphatic rings. The summed E-state index contributed by atoms with van der Waals surface area (Å²) in [6, 6.07) is 11.9. The first-order chi connectivity index (χ1) is 14.9. The molecule has 0 radical (unpaired) electrons. The molecule has 8 nitrogen and oxygen atoms in total. The van der Waals surface area contributed by atoms with Crippen molar-refractivity contribution in [2.24, 2.45) is 0 Å². The summed E-state index contributed by atoms with van der Waals surface area (Å²) in [7, 11) is 1.49. The number of aliphatic hydroxyl groups excluding tert-OH is 1. The molecular formula is C22H21ClN2O6. The van der Waals surface area contributed by atoms with Crippen LogP contribution in [0.5, 0.6) is 5.75 Å². The van der Waals surface area contributed by atoms with Gasteiger partial charge in [0.15, 0.2) is 0 Å². The number of carbonyl (C=O) groups is 2. The van der Waals surface area contributed by atoms with Crippen molar-refractivity contribution in [3.05, 3.63) is 75.1 Å². The molecule has 0 saturated heterocycles. The van der Waals surface area contributed by atoms with Crippen molar-refractivity contribution < 1.29 is 23.8 Å². The molecule has 0 aliphatic carbocycles. The van der Waals surface area contributed by atoms with Gasteiger partial charge in [-0.15, -0.1) is 0 Å². The van der Waals surface area contributed by atoms with E-state index in [-0.39, 0.29) is 18.5 Å². The third-order valence-corrected chi connectivity index (χ3v) is 4.85. The van der Waals surface area contributed by atoms with E-state index < -0.39 is 30.1 Å². The fourth-order valence-corrected chi connectivity index (χ4v) is 3.14. The van der Waals surface area contributed by atoms with Crippen molar-refractivity contribution in [1.29, 1.82) is 0 Å². The first kappa shape index (κ1) is 22.3. The van der Waals surface area contributed by atoms with Crippen LogP contribution < -0.4 is 21.0 Å². The molecule has 0 saturated carbocycles. The van der Waals surface area contributed by atoms with Gasteiger partial charge in [0.05, 0.1) is 20.1 Å². The van der Waals surface area contributed by atoms with Crippen molar-refractivity contribution >= 4 is 34.4 Å². The van der Waals surface area contributed by atoms with Crippen LogP contribution in [-0.4, -0.2) is 36.7 Å². The van der Waals surface area contributed by atoms with Gasteiger partial charge in [-0.2, -0.15) is 0 Å². The van der Waals surface area contributed by atoms with Gasteiger partial charge in [-0.05, 0) is 35.4 Å². The van der Waals surface area contributed by atoms with Gasteiger partial charge in [0.25, 0.3) is 0 Å². The van der Waals surface area contributed by atoms with Crippen LogP contribution in [0.1, 0.15) is 11.1 Å². The van der Waals surface area contributed by atoms with Crippen LogP contribution in [0.2, 0.25) is 5.02 Å². The minimum atomic E-state index is -1.13.